The molecule has 1 saturated heterocycles. The minimum atomic E-state index is -2.98. The third kappa shape index (κ3) is 5.05. The zero-order valence-electron chi connectivity index (χ0n) is 11.2. The lowest BCUT2D eigenvalue weighted by molar-refractivity contribution is -0.121. The molecule has 1 fully saturated rings. The standard InChI is InChI=1S/C13H16Cl2N2O3S/c14-9-1-2-11(15)12(7-9)16-5-3-13(18)17-10-4-6-21(19,20)8-10/h1-2,7,10,16H,3-6,8H2,(H,17,18). The van der Waals surface area contributed by atoms with Crippen molar-refractivity contribution >= 4 is 44.6 Å². The molecule has 2 rings (SSSR count). The van der Waals surface area contributed by atoms with Crippen LogP contribution in [0.3, 0.4) is 0 Å². The van der Waals surface area contributed by atoms with Crippen molar-refractivity contribution in [2.75, 3.05) is 23.4 Å². The van der Waals surface area contributed by atoms with Crippen LogP contribution in [0.1, 0.15) is 12.8 Å². The van der Waals surface area contributed by atoms with Crippen LogP contribution in [0.5, 0.6) is 0 Å². The summed E-state index contributed by atoms with van der Waals surface area (Å²) >= 11 is 11.9. The summed E-state index contributed by atoms with van der Waals surface area (Å²) in [6.45, 7) is 0.394. The third-order valence-electron chi connectivity index (χ3n) is 3.19. The summed E-state index contributed by atoms with van der Waals surface area (Å²) in [6, 6.07) is 4.78. The largest absolute Gasteiger partial charge is 0.383 e. The van der Waals surface area contributed by atoms with Crippen LogP contribution in [0.2, 0.25) is 10.0 Å². The zero-order valence-corrected chi connectivity index (χ0v) is 13.6. The molecular formula is C13H16Cl2N2O3S. The number of anilines is 1. The fourth-order valence-electron chi connectivity index (χ4n) is 2.15. The Labute approximate surface area is 133 Å². The van der Waals surface area contributed by atoms with Gasteiger partial charge in [0.25, 0.3) is 0 Å². The molecule has 0 radical (unpaired) electrons. The Bertz CT molecular complexity index is 634. The highest BCUT2D eigenvalue weighted by Gasteiger charge is 2.28. The monoisotopic (exact) mass is 350 g/mol. The molecule has 0 aliphatic carbocycles. The molecule has 0 aromatic heterocycles. The second-order valence-corrected chi connectivity index (χ2v) is 8.04. The van der Waals surface area contributed by atoms with Gasteiger partial charge < -0.3 is 10.6 Å². The van der Waals surface area contributed by atoms with E-state index >= 15 is 0 Å². The quantitative estimate of drug-likeness (QED) is 0.852. The van der Waals surface area contributed by atoms with Crippen molar-refractivity contribution in [2.24, 2.45) is 0 Å². The van der Waals surface area contributed by atoms with E-state index in [1.54, 1.807) is 18.2 Å². The summed E-state index contributed by atoms with van der Waals surface area (Å²) in [6.07, 6.45) is 0.723. The van der Waals surface area contributed by atoms with Crippen LogP contribution in [-0.2, 0) is 14.6 Å². The highest BCUT2D eigenvalue weighted by molar-refractivity contribution is 7.91. The zero-order chi connectivity index (χ0) is 15.5. The van der Waals surface area contributed by atoms with Crippen molar-refractivity contribution in [2.45, 2.75) is 18.9 Å². The molecular weight excluding hydrogens is 335 g/mol. The molecule has 0 bridgehead atoms. The van der Waals surface area contributed by atoms with Crippen LogP contribution in [0.15, 0.2) is 18.2 Å². The van der Waals surface area contributed by atoms with Crippen molar-refractivity contribution in [3.05, 3.63) is 28.2 Å². The van der Waals surface area contributed by atoms with Crippen LogP contribution in [0.25, 0.3) is 0 Å². The maximum Gasteiger partial charge on any atom is 0.222 e. The molecule has 8 heteroatoms. The number of sulfone groups is 1. The molecule has 1 aliphatic rings. The number of amides is 1. The van der Waals surface area contributed by atoms with Gasteiger partial charge in [0, 0.05) is 24.0 Å². The van der Waals surface area contributed by atoms with Crippen LogP contribution >= 0.6 is 23.2 Å². The molecule has 21 heavy (non-hydrogen) atoms. The fraction of sp³-hybridized carbons (Fsp3) is 0.462. The van der Waals surface area contributed by atoms with E-state index in [1.807, 2.05) is 0 Å². The normalized spacial score (nSPS) is 20.2. The van der Waals surface area contributed by atoms with Crippen LogP contribution in [0.4, 0.5) is 5.69 Å². The van der Waals surface area contributed by atoms with Gasteiger partial charge in [-0.3, -0.25) is 4.79 Å². The maximum atomic E-state index is 11.7. The Kier molecular flexibility index (Phi) is 5.35. The Morgan fingerprint density at radius 1 is 1.33 bits per heavy atom. The summed E-state index contributed by atoms with van der Waals surface area (Å²) in [5.41, 5.74) is 0.667. The number of benzene rings is 1. The van der Waals surface area contributed by atoms with E-state index in [2.05, 4.69) is 10.6 Å². The van der Waals surface area contributed by atoms with Crippen molar-refractivity contribution in [3.63, 3.8) is 0 Å². The lowest BCUT2D eigenvalue weighted by Crippen LogP contribution is -2.36. The van der Waals surface area contributed by atoms with Crippen molar-refractivity contribution in [3.8, 4) is 0 Å². The fourth-order valence-corrected chi connectivity index (χ4v) is 4.18. The van der Waals surface area contributed by atoms with Gasteiger partial charge in [-0.05, 0) is 24.6 Å². The minimum Gasteiger partial charge on any atom is -0.383 e. The predicted molar refractivity (Wildman–Crippen MR) is 84.8 cm³/mol. The summed E-state index contributed by atoms with van der Waals surface area (Å²) in [5, 5.41) is 6.85. The highest BCUT2D eigenvalue weighted by Crippen LogP contribution is 2.25. The van der Waals surface area contributed by atoms with Crippen molar-refractivity contribution < 1.29 is 13.2 Å². The lowest BCUT2D eigenvalue weighted by atomic mass is 10.2. The Morgan fingerprint density at radius 2 is 2.10 bits per heavy atom. The molecule has 1 aromatic carbocycles. The van der Waals surface area contributed by atoms with E-state index in [9.17, 15) is 13.2 Å². The molecule has 1 aromatic rings. The van der Waals surface area contributed by atoms with Gasteiger partial charge in [-0.2, -0.15) is 0 Å². The van der Waals surface area contributed by atoms with Gasteiger partial charge in [0.1, 0.15) is 0 Å². The first kappa shape index (κ1) is 16.4. The third-order valence-corrected chi connectivity index (χ3v) is 5.53. The smallest absolute Gasteiger partial charge is 0.222 e. The molecule has 116 valence electrons. The number of hydrogen-bond donors (Lipinski definition) is 2. The van der Waals surface area contributed by atoms with Crippen LogP contribution < -0.4 is 10.6 Å². The van der Waals surface area contributed by atoms with Gasteiger partial charge in [-0.15, -0.1) is 0 Å². The van der Waals surface area contributed by atoms with Gasteiger partial charge in [0.05, 0.1) is 22.2 Å². The molecule has 5 nitrogen and oxygen atoms in total. The van der Waals surface area contributed by atoms with E-state index in [0.29, 0.717) is 28.7 Å². The van der Waals surface area contributed by atoms with Gasteiger partial charge in [0.15, 0.2) is 9.84 Å². The van der Waals surface area contributed by atoms with E-state index in [0.717, 1.165) is 0 Å². The SMILES string of the molecule is O=C(CCNc1cc(Cl)ccc1Cl)NC1CCS(=O)(=O)C1. The molecule has 2 N–H and O–H groups in total. The molecule has 1 amide bonds. The summed E-state index contributed by atoms with van der Waals surface area (Å²) < 4.78 is 22.6. The number of carbonyl (C=O) groups excluding carboxylic acids is 1. The number of rotatable bonds is 5. The Morgan fingerprint density at radius 3 is 2.76 bits per heavy atom. The number of carbonyl (C=O) groups is 1. The summed E-state index contributed by atoms with van der Waals surface area (Å²) in [4.78, 5) is 11.7. The molecule has 0 saturated carbocycles. The summed E-state index contributed by atoms with van der Waals surface area (Å²) in [7, 11) is -2.98. The molecule has 1 heterocycles. The van der Waals surface area contributed by atoms with Crippen molar-refractivity contribution in [1.29, 1.82) is 0 Å². The van der Waals surface area contributed by atoms with Gasteiger partial charge in [-0.1, -0.05) is 23.2 Å². The van der Waals surface area contributed by atoms with Gasteiger partial charge >= 0.3 is 0 Å². The first-order chi connectivity index (χ1) is 9.85. The van der Waals surface area contributed by atoms with E-state index in [1.165, 1.54) is 0 Å². The van der Waals surface area contributed by atoms with E-state index in [-0.39, 0.29) is 29.9 Å². The number of hydrogen-bond acceptors (Lipinski definition) is 4. The minimum absolute atomic E-state index is 0.0340. The average Bonchev–Trinajstić information content (AvgIpc) is 2.73. The average molecular weight is 351 g/mol. The summed E-state index contributed by atoms with van der Waals surface area (Å²) in [5.74, 6) is 0.00315. The first-order valence-electron chi connectivity index (χ1n) is 6.54. The predicted octanol–water partition coefficient (Wildman–Crippen LogP) is 2.10. The number of halogens is 2. The van der Waals surface area contributed by atoms with Crippen LogP contribution in [0, 0.1) is 0 Å². The topological polar surface area (TPSA) is 75.3 Å². The maximum absolute atomic E-state index is 11.7. The van der Waals surface area contributed by atoms with Gasteiger partial charge in [0.2, 0.25) is 5.91 Å². The first-order valence-corrected chi connectivity index (χ1v) is 9.12. The second kappa shape index (κ2) is 6.85. The molecule has 1 aliphatic heterocycles. The Balaban J connectivity index is 1.76. The van der Waals surface area contributed by atoms with Gasteiger partial charge in [-0.25, -0.2) is 8.42 Å². The van der Waals surface area contributed by atoms with Crippen LogP contribution in [-0.4, -0.2) is 38.4 Å². The van der Waals surface area contributed by atoms with E-state index < -0.39 is 9.84 Å². The number of nitrogens with one attached hydrogen (secondary N) is 2. The molecule has 0 spiro atoms. The molecule has 1 unspecified atom stereocenters. The second-order valence-electron chi connectivity index (χ2n) is 4.97. The van der Waals surface area contributed by atoms with Crippen molar-refractivity contribution in [1.82, 2.24) is 5.32 Å². The lowest BCUT2D eigenvalue weighted by Gasteiger charge is -2.12. The Hall–Kier alpha value is -0.980. The van der Waals surface area contributed by atoms with E-state index in [4.69, 9.17) is 23.2 Å². The molecule has 1 atom stereocenters. The highest BCUT2D eigenvalue weighted by atomic mass is 35.5.